The third-order valence-corrected chi connectivity index (χ3v) is 6.60. The highest BCUT2D eigenvalue weighted by Crippen LogP contribution is 2.22. The maximum Gasteiger partial charge on any atom is 0.310 e. The van der Waals surface area contributed by atoms with E-state index in [1.54, 1.807) is 0 Å². The predicted octanol–water partition coefficient (Wildman–Crippen LogP) is 3.82. The SMILES string of the molecule is CCNC(=NCC1CCCN(Cc2cccs2)C1)N1CCCC(C(=O)OCC)C1.I. The Morgan fingerprint density at radius 1 is 1.27 bits per heavy atom. The molecule has 2 aliphatic heterocycles. The monoisotopic (exact) mass is 548 g/mol. The van der Waals surface area contributed by atoms with Gasteiger partial charge in [-0.25, -0.2) is 0 Å². The first-order valence-corrected chi connectivity index (χ1v) is 12.0. The third kappa shape index (κ3) is 7.67. The molecule has 3 rings (SSSR count). The predicted molar refractivity (Wildman–Crippen MR) is 135 cm³/mol. The number of nitrogens with zero attached hydrogens (tertiary/aromatic N) is 3. The molecule has 0 saturated carbocycles. The number of hydrogen-bond acceptors (Lipinski definition) is 5. The zero-order valence-corrected chi connectivity index (χ0v) is 21.5. The summed E-state index contributed by atoms with van der Waals surface area (Å²) in [5.74, 6) is 1.45. The maximum atomic E-state index is 12.2. The quantitative estimate of drug-likeness (QED) is 0.243. The van der Waals surface area contributed by atoms with Gasteiger partial charge in [0, 0.05) is 44.1 Å². The molecule has 2 fully saturated rings. The Hall–Kier alpha value is -0.870. The summed E-state index contributed by atoms with van der Waals surface area (Å²) >= 11 is 1.84. The molecule has 0 aromatic carbocycles. The van der Waals surface area contributed by atoms with Gasteiger partial charge in [-0.2, -0.15) is 0 Å². The van der Waals surface area contributed by atoms with Gasteiger partial charge in [0.1, 0.15) is 0 Å². The first-order chi connectivity index (χ1) is 14.2. The number of guanidine groups is 1. The number of esters is 1. The van der Waals surface area contributed by atoms with Gasteiger partial charge in [0.2, 0.25) is 0 Å². The van der Waals surface area contributed by atoms with Gasteiger partial charge in [-0.1, -0.05) is 6.07 Å². The highest BCUT2D eigenvalue weighted by Gasteiger charge is 2.28. The molecule has 1 aromatic rings. The molecule has 1 N–H and O–H groups in total. The Bertz CT molecular complexity index is 656. The molecule has 2 aliphatic rings. The van der Waals surface area contributed by atoms with E-state index in [2.05, 4.69) is 39.6 Å². The Morgan fingerprint density at radius 3 is 2.83 bits per heavy atom. The third-order valence-electron chi connectivity index (χ3n) is 5.74. The van der Waals surface area contributed by atoms with Crippen LogP contribution in [0.1, 0.15) is 44.4 Å². The topological polar surface area (TPSA) is 57.2 Å². The minimum Gasteiger partial charge on any atom is -0.466 e. The summed E-state index contributed by atoms with van der Waals surface area (Å²) < 4.78 is 5.25. The Labute approximate surface area is 202 Å². The number of hydrogen-bond donors (Lipinski definition) is 1. The van der Waals surface area contributed by atoms with Gasteiger partial charge in [-0.3, -0.25) is 14.7 Å². The molecule has 0 radical (unpaired) electrons. The minimum atomic E-state index is -0.0652. The number of nitrogens with one attached hydrogen (secondary N) is 1. The fraction of sp³-hybridized carbons (Fsp3) is 0.727. The highest BCUT2D eigenvalue weighted by atomic mass is 127. The minimum absolute atomic E-state index is 0. The van der Waals surface area contributed by atoms with Crippen molar-refractivity contribution in [2.45, 2.75) is 46.1 Å². The van der Waals surface area contributed by atoms with E-state index in [1.165, 1.54) is 24.3 Å². The molecule has 170 valence electrons. The first kappa shape index (κ1) is 25.4. The van der Waals surface area contributed by atoms with Crippen molar-refractivity contribution in [3.8, 4) is 0 Å². The van der Waals surface area contributed by atoms with Crippen LogP contribution in [0.4, 0.5) is 0 Å². The lowest BCUT2D eigenvalue weighted by molar-refractivity contribution is -0.149. The van der Waals surface area contributed by atoms with Gasteiger partial charge in [-0.15, -0.1) is 35.3 Å². The van der Waals surface area contributed by atoms with E-state index in [4.69, 9.17) is 9.73 Å². The van der Waals surface area contributed by atoms with Gasteiger partial charge in [0.25, 0.3) is 0 Å². The Kier molecular flexibility index (Phi) is 11.4. The maximum absolute atomic E-state index is 12.2. The van der Waals surface area contributed by atoms with E-state index >= 15 is 0 Å². The summed E-state index contributed by atoms with van der Waals surface area (Å²) in [7, 11) is 0. The summed E-state index contributed by atoms with van der Waals surface area (Å²) in [6.07, 6.45) is 4.41. The lowest BCUT2D eigenvalue weighted by Gasteiger charge is -2.35. The molecular weight excluding hydrogens is 511 g/mol. The molecule has 1 aromatic heterocycles. The number of likely N-dealkylation sites (tertiary alicyclic amines) is 2. The van der Waals surface area contributed by atoms with Gasteiger partial charge >= 0.3 is 5.97 Å². The summed E-state index contributed by atoms with van der Waals surface area (Å²) in [6, 6.07) is 4.36. The van der Waals surface area contributed by atoms with E-state index in [9.17, 15) is 4.79 Å². The van der Waals surface area contributed by atoms with Crippen molar-refractivity contribution in [1.82, 2.24) is 15.1 Å². The molecular formula is C22H37IN4O2S. The number of aliphatic imine (C=N–C) groups is 1. The first-order valence-electron chi connectivity index (χ1n) is 11.1. The van der Waals surface area contributed by atoms with Crippen molar-refractivity contribution in [3.63, 3.8) is 0 Å². The van der Waals surface area contributed by atoms with Crippen molar-refractivity contribution in [3.05, 3.63) is 22.4 Å². The summed E-state index contributed by atoms with van der Waals surface area (Å²) in [6.45, 7) is 11.1. The Morgan fingerprint density at radius 2 is 2.10 bits per heavy atom. The van der Waals surface area contributed by atoms with Crippen LogP contribution in [-0.4, -0.2) is 67.6 Å². The van der Waals surface area contributed by atoms with Crippen molar-refractivity contribution in [2.24, 2.45) is 16.8 Å². The van der Waals surface area contributed by atoms with Gasteiger partial charge in [0.15, 0.2) is 5.96 Å². The second-order valence-electron chi connectivity index (χ2n) is 8.05. The largest absolute Gasteiger partial charge is 0.466 e. The number of carbonyl (C=O) groups excluding carboxylic acids is 1. The van der Waals surface area contributed by atoms with Crippen molar-refractivity contribution in [2.75, 3.05) is 45.9 Å². The van der Waals surface area contributed by atoms with Gasteiger partial charge in [-0.05, 0) is 63.4 Å². The van der Waals surface area contributed by atoms with Gasteiger partial charge < -0.3 is 15.0 Å². The van der Waals surface area contributed by atoms with Crippen LogP contribution in [0.15, 0.2) is 22.5 Å². The lowest BCUT2D eigenvalue weighted by Crippen LogP contribution is -2.48. The average Bonchev–Trinajstić information content (AvgIpc) is 3.25. The molecule has 3 heterocycles. The van der Waals surface area contributed by atoms with E-state index in [-0.39, 0.29) is 35.9 Å². The van der Waals surface area contributed by atoms with Crippen molar-refractivity contribution < 1.29 is 9.53 Å². The number of carbonyl (C=O) groups is 1. The molecule has 2 atom stereocenters. The van der Waals surface area contributed by atoms with Crippen LogP contribution >= 0.6 is 35.3 Å². The summed E-state index contributed by atoms with van der Waals surface area (Å²) in [5, 5.41) is 5.60. The number of rotatable bonds is 7. The van der Waals surface area contributed by atoms with Crippen molar-refractivity contribution in [1.29, 1.82) is 0 Å². The molecule has 2 unspecified atom stereocenters. The van der Waals surface area contributed by atoms with Crippen LogP contribution in [0.2, 0.25) is 0 Å². The van der Waals surface area contributed by atoms with Gasteiger partial charge in [0.05, 0.1) is 12.5 Å². The second-order valence-corrected chi connectivity index (χ2v) is 9.09. The Balaban J connectivity index is 0.00000320. The average molecular weight is 549 g/mol. The zero-order valence-electron chi connectivity index (χ0n) is 18.3. The molecule has 0 bridgehead atoms. The van der Waals surface area contributed by atoms with Crippen LogP contribution in [0, 0.1) is 11.8 Å². The van der Waals surface area contributed by atoms with Crippen LogP contribution < -0.4 is 5.32 Å². The number of piperidine rings is 2. The second kappa shape index (κ2) is 13.5. The molecule has 8 heteroatoms. The van der Waals surface area contributed by atoms with E-state index in [0.717, 1.165) is 51.5 Å². The summed E-state index contributed by atoms with van der Waals surface area (Å²) in [5.41, 5.74) is 0. The molecule has 0 aliphatic carbocycles. The number of thiophene rings is 1. The van der Waals surface area contributed by atoms with Crippen LogP contribution in [0.5, 0.6) is 0 Å². The molecule has 0 amide bonds. The zero-order chi connectivity index (χ0) is 20.5. The normalized spacial score (nSPS) is 23.0. The number of ether oxygens (including phenoxy) is 1. The highest BCUT2D eigenvalue weighted by molar-refractivity contribution is 14.0. The van der Waals surface area contributed by atoms with E-state index in [1.807, 2.05) is 18.3 Å². The van der Waals surface area contributed by atoms with Crippen molar-refractivity contribution >= 4 is 47.2 Å². The van der Waals surface area contributed by atoms with E-state index < -0.39 is 0 Å². The van der Waals surface area contributed by atoms with Crippen LogP contribution in [0.3, 0.4) is 0 Å². The van der Waals surface area contributed by atoms with E-state index in [0.29, 0.717) is 19.1 Å². The molecule has 30 heavy (non-hydrogen) atoms. The smallest absolute Gasteiger partial charge is 0.310 e. The number of halogens is 1. The molecule has 2 saturated heterocycles. The molecule has 6 nitrogen and oxygen atoms in total. The molecule has 0 spiro atoms. The fourth-order valence-electron chi connectivity index (χ4n) is 4.33. The standard InChI is InChI=1S/C22H36N4O2S.HI/c1-3-23-22(26-12-6-9-19(16-26)21(27)28-4-2)24-14-18-8-5-11-25(15-18)17-20-10-7-13-29-20;/h7,10,13,18-19H,3-6,8-9,11-12,14-17H2,1-2H3,(H,23,24);1H. The fourth-order valence-corrected chi connectivity index (χ4v) is 5.08. The van der Waals surface area contributed by atoms with Crippen LogP contribution in [-0.2, 0) is 16.1 Å². The van der Waals surface area contributed by atoms with Crippen LogP contribution in [0.25, 0.3) is 0 Å². The summed E-state index contributed by atoms with van der Waals surface area (Å²) in [4.78, 5) is 23.4. The lowest BCUT2D eigenvalue weighted by atomic mass is 9.98.